The summed E-state index contributed by atoms with van der Waals surface area (Å²) in [5.41, 5.74) is 1.87. The summed E-state index contributed by atoms with van der Waals surface area (Å²) < 4.78 is 0. The zero-order valence-electron chi connectivity index (χ0n) is 9.18. The third-order valence-electron chi connectivity index (χ3n) is 2.45. The molecule has 0 spiro atoms. The van der Waals surface area contributed by atoms with E-state index >= 15 is 0 Å². The molecule has 0 saturated heterocycles. The number of hydrogen-bond donors (Lipinski definition) is 2. The minimum absolute atomic E-state index is 0.0178. The van der Waals surface area contributed by atoms with Crippen LogP contribution in [-0.2, 0) is 0 Å². The molecule has 1 aromatic carbocycles. The first-order valence-electron chi connectivity index (χ1n) is 5.33. The van der Waals surface area contributed by atoms with Gasteiger partial charge >= 0.3 is 0 Å². The molecule has 0 bridgehead atoms. The molecule has 0 aliphatic rings. The number of rotatable bonds is 4. The van der Waals surface area contributed by atoms with Gasteiger partial charge in [-0.2, -0.15) is 0 Å². The number of pyridine rings is 1. The molecule has 0 radical (unpaired) electrons. The second kappa shape index (κ2) is 5.66. The molecule has 2 aromatic rings. The molecule has 2 rings (SSSR count). The number of hydrogen-bond acceptors (Lipinski definition) is 3. The maximum absolute atomic E-state index is 9.40. The molecule has 3 nitrogen and oxygen atoms in total. The van der Waals surface area contributed by atoms with E-state index < -0.39 is 0 Å². The predicted molar refractivity (Wildman–Crippen MR) is 69.1 cm³/mol. The fourth-order valence-electron chi connectivity index (χ4n) is 1.61. The summed E-state index contributed by atoms with van der Waals surface area (Å²) in [7, 11) is 0. The van der Waals surface area contributed by atoms with Crippen molar-refractivity contribution in [2.24, 2.45) is 0 Å². The van der Waals surface area contributed by atoms with Crippen molar-refractivity contribution in [3.05, 3.63) is 59.4 Å². The van der Waals surface area contributed by atoms with Gasteiger partial charge in [-0.1, -0.05) is 41.9 Å². The minimum atomic E-state index is -0.144. The first-order valence-corrected chi connectivity index (χ1v) is 5.71. The lowest BCUT2D eigenvalue weighted by molar-refractivity contribution is 0.276. The summed E-state index contributed by atoms with van der Waals surface area (Å²) >= 11 is 5.80. The average molecular weight is 249 g/mol. The zero-order chi connectivity index (χ0) is 12.1. The van der Waals surface area contributed by atoms with E-state index in [0.717, 1.165) is 11.3 Å². The summed E-state index contributed by atoms with van der Waals surface area (Å²) in [5, 5.41) is 13.0. The Morgan fingerprint density at radius 1 is 1.24 bits per heavy atom. The van der Waals surface area contributed by atoms with Crippen LogP contribution >= 0.6 is 11.6 Å². The number of nitrogens with one attached hydrogen (secondary N) is 1. The summed E-state index contributed by atoms with van der Waals surface area (Å²) in [6.07, 6.45) is 1.63. The molecule has 17 heavy (non-hydrogen) atoms. The normalized spacial score (nSPS) is 12.1. The number of aromatic nitrogens is 1. The van der Waals surface area contributed by atoms with Crippen molar-refractivity contribution in [3.8, 4) is 0 Å². The Labute approximate surface area is 105 Å². The molecular formula is C13H13ClN2O. The number of nitrogens with zero attached hydrogens (tertiary/aromatic N) is 1. The highest BCUT2D eigenvalue weighted by Crippen LogP contribution is 2.20. The van der Waals surface area contributed by atoms with Crippen molar-refractivity contribution in [3.63, 3.8) is 0 Å². The highest BCUT2D eigenvalue weighted by atomic mass is 35.5. The summed E-state index contributed by atoms with van der Waals surface area (Å²) in [5.74, 6) is 0. The van der Waals surface area contributed by atoms with Crippen LogP contribution in [0, 0.1) is 0 Å². The molecule has 0 amide bonds. The van der Waals surface area contributed by atoms with Gasteiger partial charge in [0.25, 0.3) is 0 Å². The molecule has 0 aliphatic heterocycles. The van der Waals surface area contributed by atoms with Crippen LogP contribution < -0.4 is 5.32 Å². The van der Waals surface area contributed by atoms with Crippen molar-refractivity contribution in [1.29, 1.82) is 0 Å². The van der Waals surface area contributed by atoms with Crippen LogP contribution in [0.2, 0.25) is 5.15 Å². The molecule has 0 fully saturated rings. The van der Waals surface area contributed by atoms with E-state index in [9.17, 15) is 5.11 Å². The van der Waals surface area contributed by atoms with E-state index in [0.29, 0.717) is 5.15 Å². The lowest BCUT2D eigenvalue weighted by Crippen LogP contribution is -2.14. The van der Waals surface area contributed by atoms with Crippen molar-refractivity contribution < 1.29 is 5.11 Å². The number of halogens is 1. The van der Waals surface area contributed by atoms with Crippen molar-refractivity contribution in [1.82, 2.24) is 4.98 Å². The van der Waals surface area contributed by atoms with Crippen molar-refractivity contribution >= 4 is 17.3 Å². The van der Waals surface area contributed by atoms with Crippen LogP contribution in [0.5, 0.6) is 0 Å². The maximum Gasteiger partial charge on any atom is 0.131 e. The van der Waals surface area contributed by atoms with E-state index in [2.05, 4.69) is 10.3 Å². The van der Waals surface area contributed by atoms with Gasteiger partial charge in [0, 0.05) is 11.9 Å². The fourth-order valence-corrected chi connectivity index (χ4v) is 1.79. The van der Waals surface area contributed by atoms with Gasteiger partial charge in [0.1, 0.15) is 5.15 Å². The van der Waals surface area contributed by atoms with E-state index in [-0.39, 0.29) is 12.6 Å². The Hall–Kier alpha value is -1.58. The number of aliphatic hydroxyl groups excluding tert-OH is 1. The van der Waals surface area contributed by atoms with E-state index in [1.54, 1.807) is 12.3 Å². The van der Waals surface area contributed by atoms with E-state index in [1.165, 1.54) is 0 Å². The molecule has 1 unspecified atom stereocenters. The largest absolute Gasteiger partial charge is 0.394 e. The number of aliphatic hydroxyl groups is 1. The number of anilines is 1. The Balaban J connectivity index is 2.16. The zero-order valence-corrected chi connectivity index (χ0v) is 9.93. The molecular weight excluding hydrogens is 236 g/mol. The lowest BCUT2D eigenvalue weighted by atomic mass is 10.1. The van der Waals surface area contributed by atoms with Crippen LogP contribution in [0.3, 0.4) is 0 Å². The van der Waals surface area contributed by atoms with E-state index in [1.807, 2.05) is 36.4 Å². The fraction of sp³-hybridized carbons (Fsp3) is 0.154. The van der Waals surface area contributed by atoms with Crippen LogP contribution in [0.15, 0.2) is 48.7 Å². The average Bonchev–Trinajstić information content (AvgIpc) is 2.37. The molecule has 0 aliphatic carbocycles. The van der Waals surface area contributed by atoms with Crippen molar-refractivity contribution in [2.75, 3.05) is 11.9 Å². The molecule has 4 heteroatoms. The Kier molecular flexibility index (Phi) is 3.96. The summed E-state index contributed by atoms with van der Waals surface area (Å²) in [6.45, 7) is 0.0178. The smallest absolute Gasteiger partial charge is 0.131 e. The monoisotopic (exact) mass is 248 g/mol. The summed E-state index contributed by atoms with van der Waals surface area (Å²) in [6, 6.07) is 13.2. The van der Waals surface area contributed by atoms with Gasteiger partial charge < -0.3 is 10.4 Å². The third-order valence-corrected chi connectivity index (χ3v) is 2.66. The van der Waals surface area contributed by atoms with Gasteiger partial charge in [0.15, 0.2) is 0 Å². The highest BCUT2D eigenvalue weighted by molar-refractivity contribution is 6.29. The van der Waals surface area contributed by atoms with Crippen LogP contribution in [-0.4, -0.2) is 16.7 Å². The molecule has 1 heterocycles. The van der Waals surface area contributed by atoms with Gasteiger partial charge in [0.05, 0.1) is 12.6 Å². The standard InChI is InChI=1S/C13H13ClN2O/c14-13-8-11(6-7-15-13)16-12(9-17)10-4-2-1-3-5-10/h1-8,12,17H,9H2,(H,15,16). The highest BCUT2D eigenvalue weighted by Gasteiger charge is 2.09. The third kappa shape index (κ3) is 3.19. The molecule has 1 aromatic heterocycles. The Morgan fingerprint density at radius 3 is 2.65 bits per heavy atom. The first-order chi connectivity index (χ1) is 8.29. The van der Waals surface area contributed by atoms with Crippen LogP contribution in [0.25, 0.3) is 0 Å². The topological polar surface area (TPSA) is 45.1 Å². The Morgan fingerprint density at radius 2 is 2.00 bits per heavy atom. The van der Waals surface area contributed by atoms with Gasteiger partial charge in [-0.3, -0.25) is 0 Å². The molecule has 0 saturated carbocycles. The maximum atomic E-state index is 9.40. The second-order valence-electron chi connectivity index (χ2n) is 3.66. The van der Waals surface area contributed by atoms with Gasteiger partial charge in [0.2, 0.25) is 0 Å². The quantitative estimate of drug-likeness (QED) is 0.818. The predicted octanol–water partition coefficient (Wildman–Crippen LogP) is 2.88. The first kappa shape index (κ1) is 11.9. The number of benzene rings is 1. The SMILES string of the molecule is OCC(Nc1ccnc(Cl)c1)c1ccccc1. The van der Waals surface area contributed by atoms with E-state index in [4.69, 9.17) is 11.6 Å². The molecule has 1 atom stereocenters. The minimum Gasteiger partial charge on any atom is -0.394 e. The molecule has 2 N–H and O–H groups in total. The van der Waals surface area contributed by atoms with Gasteiger partial charge in [-0.25, -0.2) is 4.98 Å². The van der Waals surface area contributed by atoms with Crippen LogP contribution in [0.4, 0.5) is 5.69 Å². The molecule has 88 valence electrons. The van der Waals surface area contributed by atoms with Gasteiger partial charge in [-0.15, -0.1) is 0 Å². The second-order valence-corrected chi connectivity index (χ2v) is 4.04. The summed E-state index contributed by atoms with van der Waals surface area (Å²) in [4.78, 5) is 3.91. The Bertz CT molecular complexity index is 476. The van der Waals surface area contributed by atoms with Gasteiger partial charge in [-0.05, 0) is 17.7 Å². The lowest BCUT2D eigenvalue weighted by Gasteiger charge is -2.17. The van der Waals surface area contributed by atoms with Crippen LogP contribution in [0.1, 0.15) is 11.6 Å². The van der Waals surface area contributed by atoms with Crippen molar-refractivity contribution in [2.45, 2.75) is 6.04 Å².